The van der Waals surface area contributed by atoms with Crippen molar-refractivity contribution in [2.75, 3.05) is 25.0 Å². The van der Waals surface area contributed by atoms with E-state index in [1.807, 2.05) is 4.90 Å². The van der Waals surface area contributed by atoms with E-state index in [-0.39, 0.29) is 54.6 Å². The second-order valence-electron chi connectivity index (χ2n) is 9.62. The van der Waals surface area contributed by atoms with Crippen LogP contribution in [-0.4, -0.2) is 71.2 Å². The molecule has 11 heteroatoms. The number of fused-ring (bicyclic) bond motifs is 1. The van der Waals surface area contributed by atoms with Crippen molar-refractivity contribution in [1.82, 2.24) is 15.1 Å². The molecule has 2 saturated heterocycles. The van der Waals surface area contributed by atoms with E-state index in [1.165, 1.54) is 0 Å². The van der Waals surface area contributed by atoms with Gasteiger partial charge in [-0.25, -0.2) is 0 Å². The molecule has 2 aliphatic heterocycles. The van der Waals surface area contributed by atoms with E-state index in [0.29, 0.717) is 41.7 Å². The monoisotopic (exact) mass is 523 g/mol. The molecule has 3 atom stereocenters. The highest BCUT2D eigenvalue weighted by atomic mass is 35.5. The van der Waals surface area contributed by atoms with Crippen LogP contribution < -0.4 is 16.4 Å². The molecule has 1 aromatic rings. The number of nitrogens with zero attached hydrogens (tertiary/aromatic N) is 2. The zero-order valence-electron chi connectivity index (χ0n) is 19.5. The van der Waals surface area contributed by atoms with Crippen molar-refractivity contribution in [3.8, 4) is 0 Å². The Hall–Kier alpha value is -2.36. The van der Waals surface area contributed by atoms with Crippen LogP contribution in [0.3, 0.4) is 0 Å². The summed E-state index contributed by atoms with van der Waals surface area (Å²) in [6.07, 6.45) is 4.71. The molecule has 0 aromatic heterocycles. The normalized spacial score (nSPS) is 25.5. The molecule has 3 aliphatic rings. The van der Waals surface area contributed by atoms with Gasteiger partial charge in [-0.1, -0.05) is 36.0 Å². The third kappa shape index (κ3) is 6.26. The summed E-state index contributed by atoms with van der Waals surface area (Å²) in [5, 5.41) is 6.62. The Labute approximate surface area is 214 Å². The standard InChI is InChI=1S/C24H31Cl2N5O4/c25-15-9-16(26)11-17(10-15)28-21(32)12-20-24(35)29-18-3-1-2-4-19(18)31(20)13-22(33)30-7-5-14(6-8-30)23(27)34/h9-11,14,18-20H,1-8,12-13H2,(H2,27,34)(H,28,32)(H,29,35)/t18-,19-,20+/m0/s1. The number of hydrogen-bond donors (Lipinski definition) is 3. The van der Waals surface area contributed by atoms with Gasteiger partial charge in [0, 0.05) is 46.8 Å². The predicted octanol–water partition coefficient (Wildman–Crippen LogP) is 2.16. The van der Waals surface area contributed by atoms with Gasteiger partial charge in [0.25, 0.3) is 0 Å². The third-order valence-corrected chi connectivity index (χ3v) is 7.72. The van der Waals surface area contributed by atoms with Crippen molar-refractivity contribution in [1.29, 1.82) is 0 Å². The van der Waals surface area contributed by atoms with Crippen molar-refractivity contribution < 1.29 is 19.2 Å². The molecule has 1 aromatic carbocycles. The number of piperidine rings is 1. The third-order valence-electron chi connectivity index (χ3n) is 7.28. The fourth-order valence-electron chi connectivity index (χ4n) is 5.46. The number of piperazine rings is 1. The molecular formula is C24H31Cl2N5O4. The van der Waals surface area contributed by atoms with Gasteiger partial charge in [-0.3, -0.25) is 24.1 Å². The highest BCUT2D eigenvalue weighted by molar-refractivity contribution is 6.35. The highest BCUT2D eigenvalue weighted by Crippen LogP contribution is 2.30. The largest absolute Gasteiger partial charge is 0.369 e. The van der Waals surface area contributed by atoms with Gasteiger partial charge in [-0.15, -0.1) is 0 Å². The second kappa shape index (κ2) is 11.1. The summed E-state index contributed by atoms with van der Waals surface area (Å²) in [6, 6.07) is 3.93. The minimum Gasteiger partial charge on any atom is -0.369 e. The quantitative estimate of drug-likeness (QED) is 0.526. The van der Waals surface area contributed by atoms with Crippen LogP contribution in [-0.2, 0) is 19.2 Å². The molecule has 3 fully saturated rings. The van der Waals surface area contributed by atoms with E-state index in [9.17, 15) is 19.2 Å². The van der Waals surface area contributed by atoms with Crippen molar-refractivity contribution in [3.63, 3.8) is 0 Å². The van der Waals surface area contributed by atoms with Crippen molar-refractivity contribution >= 4 is 52.5 Å². The molecule has 0 radical (unpaired) electrons. The Morgan fingerprint density at radius 2 is 1.69 bits per heavy atom. The van der Waals surface area contributed by atoms with Crippen LogP contribution in [0.1, 0.15) is 44.9 Å². The number of carbonyl (C=O) groups is 4. The molecule has 1 aliphatic carbocycles. The van der Waals surface area contributed by atoms with Gasteiger partial charge in [-0.05, 0) is 43.9 Å². The van der Waals surface area contributed by atoms with Gasteiger partial charge in [0.2, 0.25) is 23.6 Å². The van der Waals surface area contributed by atoms with Crippen LogP contribution in [0.25, 0.3) is 0 Å². The van der Waals surface area contributed by atoms with Crippen molar-refractivity contribution in [2.24, 2.45) is 11.7 Å². The van der Waals surface area contributed by atoms with Crippen molar-refractivity contribution in [2.45, 2.75) is 63.1 Å². The first kappa shape index (κ1) is 25.7. The van der Waals surface area contributed by atoms with Crippen molar-refractivity contribution in [3.05, 3.63) is 28.2 Å². The van der Waals surface area contributed by atoms with Gasteiger partial charge in [0.05, 0.1) is 19.0 Å². The maximum Gasteiger partial charge on any atom is 0.238 e. The number of anilines is 1. The summed E-state index contributed by atoms with van der Waals surface area (Å²) in [5.74, 6) is -1.25. The summed E-state index contributed by atoms with van der Waals surface area (Å²) >= 11 is 12.1. The lowest BCUT2D eigenvalue weighted by atomic mass is 9.85. The van der Waals surface area contributed by atoms with Gasteiger partial charge in [0.1, 0.15) is 0 Å². The maximum absolute atomic E-state index is 13.2. The van der Waals surface area contributed by atoms with Crippen LogP contribution in [0.15, 0.2) is 18.2 Å². The number of nitrogens with one attached hydrogen (secondary N) is 2. The topological polar surface area (TPSA) is 125 Å². The Kier molecular flexibility index (Phi) is 8.19. The summed E-state index contributed by atoms with van der Waals surface area (Å²) in [5.41, 5.74) is 5.86. The fraction of sp³-hybridized carbons (Fsp3) is 0.583. The Morgan fingerprint density at radius 3 is 2.34 bits per heavy atom. The number of likely N-dealkylation sites (tertiary alicyclic amines) is 1. The number of carbonyl (C=O) groups excluding carboxylic acids is 4. The zero-order valence-corrected chi connectivity index (χ0v) is 21.0. The molecule has 9 nitrogen and oxygen atoms in total. The zero-order chi connectivity index (χ0) is 25.1. The van der Waals surface area contributed by atoms with E-state index >= 15 is 0 Å². The van der Waals surface area contributed by atoms with Gasteiger partial charge >= 0.3 is 0 Å². The number of benzene rings is 1. The number of primary amides is 1. The average Bonchev–Trinajstić information content (AvgIpc) is 2.80. The maximum atomic E-state index is 13.2. The van der Waals surface area contributed by atoms with E-state index in [0.717, 1.165) is 25.7 Å². The van der Waals surface area contributed by atoms with Crippen LogP contribution in [0.5, 0.6) is 0 Å². The Bertz CT molecular complexity index is 978. The Morgan fingerprint density at radius 1 is 1.03 bits per heavy atom. The lowest BCUT2D eigenvalue weighted by Gasteiger charge is -2.48. The van der Waals surface area contributed by atoms with E-state index < -0.39 is 6.04 Å². The molecule has 0 unspecified atom stereocenters. The minimum atomic E-state index is -0.767. The first-order valence-corrected chi connectivity index (χ1v) is 12.9. The fourth-order valence-corrected chi connectivity index (χ4v) is 5.98. The number of amides is 4. The molecular weight excluding hydrogens is 493 g/mol. The molecule has 1 saturated carbocycles. The Balaban J connectivity index is 1.47. The number of rotatable bonds is 6. The second-order valence-corrected chi connectivity index (χ2v) is 10.5. The first-order valence-electron chi connectivity index (χ1n) is 12.1. The molecule has 35 heavy (non-hydrogen) atoms. The van der Waals surface area contributed by atoms with Crippen LogP contribution in [0.4, 0.5) is 5.69 Å². The van der Waals surface area contributed by atoms with E-state index in [2.05, 4.69) is 10.6 Å². The smallest absolute Gasteiger partial charge is 0.238 e. The van der Waals surface area contributed by atoms with E-state index in [1.54, 1.807) is 23.1 Å². The van der Waals surface area contributed by atoms with Gasteiger partial charge in [-0.2, -0.15) is 0 Å². The average molecular weight is 524 g/mol. The van der Waals surface area contributed by atoms with Gasteiger partial charge < -0.3 is 21.3 Å². The summed E-state index contributed by atoms with van der Waals surface area (Å²) in [7, 11) is 0. The number of halogens is 2. The van der Waals surface area contributed by atoms with E-state index in [4.69, 9.17) is 28.9 Å². The number of nitrogens with two attached hydrogens (primary N) is 1. The summed E-state index contributed by atoms with van der Waals surface area (Å²) in [4.78, 5) is 54.3. The molecule has 4 rings (SSSR count). The lowest BCUT2D eigenvalue weighted by Crippen LogP contribution is -2.68. The molecule has 2 heterocycles. The summed E-state index contributed by atoms with van der Waals surface area (Å²) in [6.45, 7) is 0.971. The molecule has 0 bridgehead atoms. The number of hydrogen-bond acceptors (Lipinski definition) is 5. The first-order chi connectivity index (χ1) is 16.7. The molecule has 190 valence electrons. The van der Waals surface area contributed by atoms with Crippen LogP contribution in [0.2, 0.25) is 10.0 Å². The van der Waals surface area contributed by atoms with Crippen LogP contribution >= 0.6 is 23.2 Å². The molecule has 0 spiro atoms. The predicted molar refractivity (Wildman–Crippen MR) is 133 cm³/mol. The minimum absolute atomic E-state index is 0.00743. The molecule has 4 N–H and O–H groups in total. The van der Waals surface area contributed by atoms with Gasteiger partial charge in [0.15, 0.2) is 0 Å². The lowest BCUT2D eigenvalue weighted by molar-refractivity contribution is -0.145. The summed E-state index contributed by atoms with van der Waals surface area (Å²) < 4.78 is 0. The SMILES string of the molecule is NC(=O)C1CCN(C(=O)CN2[C@H](CC(=O)Nc3cc(Cl)cc(Cl)c3)C(=O)N[C@H]3CCCC[C@@H]32)CC1. The molecule has 4 amide bonds. The van der Waals surface area contributed by atoms with Crippen LogP contribution in [0, 0.1) is 5.92 Å². The highest BCUT2D eigenvalue weighted by Gasteiger charge is 2.44.